The van der Waals surface area contributed by atoms with E-state index in [4.69, 9.17) is 0 Å². The van der Waals surface area contributed by atoms with Gasteiger partial charge < -0.3 is 0 Å². The topological polar surface area (TPSA) is 46.5 Å². The van der Waals surface area contributed by atoms with Crippen molar-refractivity contribution in [3.05, 3.63) is 23.3 Å². The van der Waals surface area contributed by atoms with Gasteiger partial charge in [-0.05, 0) is 19.4 Å². The second-order valence-corrected chi connectivity index (χ2v) is 4.47. The lowest BCUT2D eigenvalue weighted by atomic mass is 10.4. The fraction of sp³-hybridized carbons (Fsp3) is 0.375. The zero-order chi connectivity index (χ0) is 9.78. The SMILES string of the molecule is C=C(C)/C=N\C(=C/C)S(C)(=O)=O. The van der Waals surface area contributed by atoms with Crippen molar-refractivity contribution in [1.82, 2.24) is 0 Å². The third kappa shape index (κ3) is 4.08. The third-order valence-electron chi connectivity index (χ3n) is 1.04. The Morgan fingerprint density at radius 3 is 2.25 bits per heavy atom. The van der Waals surface area contributed by atoms with Crippen molar-refractivity contribution < 1.29 is 8.42 Å². The maximum atomic E-state index is 11.0. The molecule has 0 aliphatic carbocycles. The minimum absolute atomic E-state index is 0.0745. The fourth-order valence-corrected chi connectivity index (χ4v) is 1.23. The number of sulfone groups is 1. The van der Waals surface area contributed by atoms with Crippen LogP contribution in [-0.2, 0) is 9.84 Å². The average molecular weight is 187 g/mol. The van der Waals surface area contributed by atoms with E-state index >= 15 is 0 Å². The van der Waals surface area contributed by atoms with Gasteiger partial charge in [0.1, 0.15) is 0 Å². The van der Waals surface area contributed by atoms with Crippen molar-refractivity contribution in [3.8, 4) is 0 Å². The molecule has 0 N–H and O–H groups in total. The Morgan fingerprint density at radius 2 is 2.00 bits per heavy atom. The van der Waals surface area contributed by atoms with Gasteiger partial charge >= 0.3 is 0 Å². The molecule has 0 aliphatic heterocycles. The summed E-state index contributed by atoms with van der Waals surface area (Å²) in [5.41, 5.74) is 0.720. The lowest BCUT2D eigenvalue weighted by Gasteiger charge is -1.95. The van der Waals surface area contributed by atoms with Crippen molar-refractivity contribution in [1.29, 1.82) is 0 Å². The van der Waals surface area contributed by atoms with Crippen molar-refractivity contribution >= 4 is 16.1 Å². The quantitative estimate of drug-likeness (QED) is 0.629. The largest absolute Gasteiger partial charge is 0.245 e. The van der Waals surface area contributed by atoms with Crippen LogP contribution in [0, 0.1) is 0 Å². The molecule has 0 rings (SSSR count). The molecular formula is C8H13NO2S. The summed E-state index contributed by atoms with van der Waals surface area (Å²) < 4.78 is 21.9. The molecule has 0 saturated heterocycles. The van der Waals surface area contributed by atoms with E-state index in [9.17, 15) is 8.42 Å². The summed E-state index contributed by atoms with van der Waals surface area (Å²) in [6.07, 6.45) is 4.00. The maximum absolute atomic E-state index is 11.0. The molecule has 68 valence electrons. The van der Waals surface area contributed by atoms with Crippen LogP contribution in [0.2, 0.25) is 0 Å². The first-order chi connectivity index (χ1) is 5.38. The second-order valence-electron chi connectivity index (χ2n) is 2.50. The standard InChI is InChI=1S/C8H13NO2S/c1-5-8(12(4,10)11)9-6-7(2)3/h5-6H,2H2,1,3-4H3/b8-5+,9-6-. The monoisotopic (exact) mass is 187 g/mol. The minimum atomic E-state index is -3.19. The van der Waals surface area contributed by atoms with E-state index in [1.807, 2.05) is 0 Å². The van der Waals surface area contributed by atoms with Gasteiger partial charge in [0.15, 0.2) is 14.9 Å². The van der Waals surface area contributed by atoms with Crippen molar-refractivity contribution in [2.75, 3.05) is 6.26 Å². The van der Waals surface area contributed by atoms with Crippen LogP contribution in [0.3, 0.4) is 0 Å². The van der Waals surface area contributed by atoms with Crippen LogP contribution >= 0.6 is 0 Å². The summed E-state index contributed by atoms with van der Waals surface area (Å²) in [4.78, 5) is 3.76. The molecule has 0 bridgehead atoms. The summed E-state index contributed by atoms with van der Waals surface area (Å²) in [5, 5.41) is 0.0745. The van der Waals surface area contributed by atoms with Gasteiger partial charge in [-0.15, -0.1) is 0 Å². The molecule has 0 aliphatic rings. The number of hydrogen-bond acceptors (Lipinski definition) is 3. The maximum Gasteiger partial charge on any atom is 0.192 e. The summed E-state index contributed by atoms with van der Waals surface area (Å²) in [7, 11) is -3.19. The fourth-order valence-electron chi connectivity index (χ4n) is 0.558. The van der Waals surface area contributed by atoms with Crippen LogP contribution in [-0.4, -0.2) is 20.9 Å². The van der Waals surface area contributed by atoms with Crippen LogP contribution < -0.4 is 0 Å². The lowest BCUT2D eigenvalue weighted by Crippen LogP contribution is -1.98. The van der Waals surface area contributed by atoms with E-state index in [0.717, 1.165) is 11.8 Å². The minimum Gasteiger partial charge on any atom is -0.245 e. The van der Waals surface area contributed by atoms with Crippen LogP contribution in [0.15, 0.2) is 28.2 Å². The molecule has 12 heavy (non-hydrogen) atoms. The van der Waals surface area contributed by atoms with Gasteiger partial charge in [0.05, 0.1) is 0 Å². The molecule has 0 aromatic carbocycles. The molecule has 0 fully saturated rings. The Morgan fingerprint density at radius 1 is 1.50 bits per heavy atom. The Bertz CT molecular complexity index is 323. The first kappa shape index (κ1) is 11.1. The van der Waals surface area contributed by atoms with Gasteiger partial charge in [0.2, 0.25) is 0 Å². The third-order valence-corrected chi connectivity index (χ3v) is 2.14. The first-order valence-corrected chi connectivity index (χ1v) is 5.33. The molecule has 4 heteroatoms. The number of rotatable bonds is 3. The van der Waals surface area contributed by atoms with E-state index in [1.165, 1.54) is 12.3 Å². The number of allylic oxidation sites excluding steroid dienone is 2. The Labute approximate surface area is 73.4 Å². The molecule has 0 saturated carbocycles. The van der Waals surface area contributed by atoms with E-state index in [1.54, 1.807) is 13.8 Å². The highest BCUT2D eigenvalue weighted by molar-refractivity contribution is 7.94. The summed E-state index contributed by atoms with van der Waals surface area (Å²) in [5.74, 6) is 0. The molecule has 0 amide bonds. The molecule has 0 aromatic rings. The number of hydrogen-bond donors (Lipinski definition) is 0. The highest BCUT2D eigenvalue weighted by Gasteiger charge is 2.06. The zero-order valence-corrected chi connectivity index (χ0v) is 8.35. The van der Waals surface area contributed by atoms with Crippen LogP contribution in [0.1, 0.15) is 13.8 Å². The highest BCUT2D eigenvalue weighted by Crippen LogP contribution is 2.05. The number of aliphatic imine (C=N–C) groups is 1. The Balaban J connectivity index is 4.77. The summed E-state index contributed by atoms with van der Waals surface area (Å²) in [6, 6.07) is 0. The highest BCUT2D eigenvalue weighted by atomic mass is 32.2. The average Bonchev–Trinajstić information content (AvgIpc) is 1.85. The Kier molecular flexibility index (Phi) is 3.89. The second kappa shape index (κ2) is 4.21. The molecule has 0 radical (unpaired) electrons. The van der Waals surface area contributed by atoms with E-state index < -0.39 is 9.84 Å². The predicted octanol–water partition coefficient (Wildman–Crippen LogP) is 1.54. The zero-order valence-electron chi connectivity index (χ0n) is 7.53. The van der Waals surface area contributed by atoms with Gasteiger partial charge in [-0.2, -0.15) is 0 Å². The van der Waals surface area contributed by atoms with Crippen molar-refractivity contribution in [2.24, 2.45) is 4.99 Å². The van der Waals surface area contributed by atoms with E-state index in [-0.39, 0.29) is 5.03 Å². The van der Waals surface area contributed by atoms with Crippen molar-refractivity contribution in [2.45, 2.75) is 13.8 Å². The predicted molar refractivity (Wildman–Crippen MR) is 51.9 cm³/mol. The van der Waals surface area contributed by atoms with E-state index in [2.05, 4.69) is 11.6 Å². The van der Waals surface area contributed by atoms with Crippen LogP contribution in [0.4, 0.5) is 0 Å². The normalized spacial score (nSPS) is 13.8. The summed E-state index contributed by atoms with van der Waals surface area (Å²) >= 11 is 0. The van der Waals surface area contributed by atoms with E-state index in [0.29, 0.717) is 0 Å². The molecule has 0 heterocycles. The van der Waals surface area contributed by atoms with Crippen LogP contribution in [0.25, 0.3) is 0 Å². The van der Waals surface area contributed by atoms with Gasteiger partial charge in [-0.1, -0.05) is 12.7 Å². The molecule has 0 aromatic heterocycles. The van der Waals surface area contributed by atoms with Gasteiger partial charge in [0.25, 0.3) is 0 Å². The smallest absolute Gasteiger partial charge is 0.192 e. The van der Waals surface area contributed by atoms with Crippen molar-refractivity contribution in [3.63, 3.8) is 0 Å². The first-order valence-electron chi connectivity index (χ1n) is 3.44. The molecule has 3 nitrogen and oxygen atoms in total. The number of nitrogens with zero attached hydrogens (tertiary/aromatic N) is 1. The lowest BCUT2D eigenvalue weighted by molar-refractivity contribution is 0.607. The molecule has 0 spiro atoms. The molecule has 0 unspecified atom stereocenters. The van der Waals surface area contributed by atoms with Gasteiger partial charge in [0, 0.05) is 12.5 Å². The Hall–Kier alpha value is -0.900. The van der Waals surface area contributed by atoms with Crippen LogP contribution in [0.5, 0.6) is 0 Å². The van der Waals surface area contributed by atoms with Gasteiger partial charge in [-0.25, -0.2) is 13.4 Å². The molecular weight excluding hydrogens is 174 g/mol. The van der Waals surface area contributed by atoms with Gasteiger partial charge in [-0.3, -0.25) is 0 Å². The molecule has 0 atom stereocenters. The summed E-state index contributed by atoms with van der Waals surface area (Å²) in [6.45, 7) is 6.95.